The Hall–Kier alpha value is -1.86. The van der Waals surface area contributed by atoms with Gasteiger partial charge in [-0.1, -0.05) is 12.1 Å². The van der Waals surface area contributed by atoms with Crippen LogP contribution in [0.4, 0.5) is 5.69 Å². The lowest BCUT2D eigenvalue weighted by molar-refractivity contribution is 0.390. The van der Waals surface area contributed by atoms with Crippen LogP contribution in [-0.4, -0.2) is 28.8 Å². The van der Waals surface area contributed by atoms with Crippen LogP contribution < -0.4 is 5.73 Å². The SMILES string of the molecule is Cc1nc(S(=O)(=O)N2CCc3c(N)cccc3C2)cn1C. The molecule has 0 radical (unpaired) electrons. The summed E-state index contributed by atoms with van der Waals surface area (Å²) < 4.78 is 28.5. The maximum Gasteiger partial charge on any atom is 0.262 e. The number of hydrogen-bond donors (Lipinski definition) is 1. The molecule has 0 amide bonds. The molecule has 7 heteroatoms. The van der Waals surface area contributed by atoms with Crippen LogP contribution in [-0.2, 0) is 30.0 Å². The van der Waals surface area contributed by atoms with Crippen LogP contribution in [0.5, 0.6) is 0 Å². The number of aromatic nitrogens is 2. The Balaban J connectivity index is 1.95. The van der Waals surface area contributed by atoms with Gasteiger partial charge in [-0.25, -0.2) is 13.4 Å². The zero-order valence-electron chi connectivity index (χ0n) is 12.1. The maximum atomic E-state index is 12.7. The Bertz CT molecular complexity index is 776. The van der Waals surface area contributed by atoms with Crippen molar-refractivity contribution in [1.29, 1.82) is 0 Å². The van der Waals surface area contributed by atoms with Gasteiger partial charge in [-0.15, -0.1) is 0 Å². The molecule has 0 fully saturated rings. The molecule has 0 atom stereocenters. The highest BCUT2D eigenvalue weighted by molar-refractivity contribution is 7.89. The minimum Gasteiger partial charge on any atom is -0.398 e. The third-order valence-corrected chi connectivity index (χ3v) is 5.67. The second kappa shape index (κ2) is 4.85. The molecule has 1 aromatic carbocycles. The average molecular weight is 306 g/mol. The Labute approximate surface area is 124 Å². The van der Waals surface area contributed by atoms with Gasteiger partial charge in [-0.3, -0.25) is 0 Å². The minimum absolute atomic E-state index is 0.106. The number of sulfonamides is 1. The second-order valence-corrected chi connectivity index (χ2v) is 7.20. The minimum atomic E-state index is -3.56. The molecule has 1 aliphatic heterocycles. The molecule has 2 N–H and O–H groups in total. The third kappa shape index (κ3) is 2.32. The number of nitrogens with two attached hydrogens (primary N) is 1. The first kappa shape index (κ1) is 14.1. The predicted octanol–water partition coefficient (Wildman–Crippen LogP) is 1.06. The van der Waals surface area contributed by atoms with Gasteiger partial charge < -0.3 is 10.3 Å². The molecule has 2 aromatic rings. The van der Waals surface area contributed by atoms with E-state index in [2.05, 4.69) is 4.98 Å². The predicted molar refractivity (Wildman–Crippen MR) is 80.1 cm³/mol. The molecule has 1 aromatic heterocycles. The fourth-order valence-corrected chi connectivity index (χ4v) is 4.05. The van der Waals surface area contributed by atoms with E-state index in [4.69, 9.17) is 5.73 Å². The van der Waals surface area contributed by atoms with Crippen molar-refractivity contribution in [2.75, 3.05) is 12.3 Å². The molecule has 0 spiro atoms. The first-order valence-electron chi connectivity index (χ1n) is 6.76. The number of aryl methyl sites for hydroxylation is 2. The van der Waals surface area contributed by atoms with E-state index < -0.39 is 10.0 Å². The van der Waals surface area contributed by atoms with Crippen molar-refractivity contribution in [3.05, 3.63) is 41.3 Å². The molecule has 6 nitrogen and oxygen atoms in total. The van der Waals surface area contributed by atoms with E-state index >= 15 is 0 Å². The zero-order chi connectivity index (χ0) is 15.2. The molecule has 0 bridgehead atoms. The Morgan fingerprint density at radius 2 is 2.10 bits per heavy atom. The fourth-order valence-electron chi connectivity index (χ4n) is 2.60. The normalized spacial score (nSPS) is 15.9. The van der Waals surface area contributed by atoms with E-state index in [-0.39, 0.29) is 5.03 Å². The maximum absolute atomic E-state index is 12.7. The molecule has 0 saturated carbocycles. The van der Waals surface area contributed by atoms with E-state index in [1.807, 2.05) is 18.2 Å². The zero-order valence-corrected chi connectivity index (χ0v) is 12.9. The summed E-state index contributed by atoms with van der Waals surface area (Å²) in [5.41, 5.74) is 8.71. The van der Waals surface area contributed by atoms with Gasteiger partial charge in [0, 0.05) is 32.0 Å². The monoisotopic (exact) mass is 306 g/mol. The topological polar surface area (TPSA) is 81.2 Å². The highest BCUT2D eigenvalue weighted by Gasteiger charge is 2.30. The van der Waals surface area contributed by atoms with Crippen molar-refractivity contribution < 1.29 is 8.42 Å². The Morgan fingerprint density at radius 1 is 1.33 bits per heavy atom. The molecule has 112 valence electrons. The summed E-state index contributed by atoms with van der Waals surface area (Å²) in [6, 6.07) is 5.64. The van der Waals surface area contributed by atoms with Gasteiger partial charge in [-0.05, 0) is 30.5 Å². The molecule has 21 heavy (non-hydrogen) atoms. The van der Waals surface area contributed by atoms with E-state index in [1.54, 1.807) is 24.7 Å². The van der Waals surface area contributed by atoms with Gasteiger partial charge in [0.2, 0.25) is 0 Å². The van der Waals surface area contributed by atoms with Crippen molar-refractivity contribution >= 4 is 15.7 Å². The Kier molecular flexibility index (Phi) is 3.26. The lowest BCUT2D eigenvalue weighted by Crippen LogP contribution is -2.36. The number of imidazole rings is 1. The number of nitrogen functional groups attached to an aromatic ring is 1. The molecule has 3 rings (SSSR count). The summed E-state index contributed by atoms with van der Waals surface area (Å²) in [5, 5.41) is 0.106. The first-order chi connectivity index (χ1) is 9.89. The molecular formula is C14H18N4O2S. The van der Waals surface area contributed by atoms with Crippen LogP contribution in [0, 0.1) is 6.92 Å². The van der Waals surface area contributed by atoms with E-state index in [1.165, 1.54) is 4.31 Å². The van der Waals surface area contributed by atoms with Gasteiger partial charge in [-0.2, -0.15) is 4.31 Å². The number of fused-ring (bicyclic) bond motifs is 1. The van der Waals surface area contributed by atoms with Crippen LogP contribution >= 0.6 is 0 Å². The molecule has 1 aliphatic rings. The van der Waals surface area contributed by atoms with Gasteiger partial charge in [0.05, 0.1) is 0 Å². The second-order valence-electron chi connectivity index (χ2n) is 5.31. The molecule has 0 saturated heterocycles. The molecule has 0 aliphatic carbocycles. The summed E-state index contributed by atoms with van der Waals surface area (Å²) in [4.78, 5) is 4.14. The summed E-state index contributed by atoms with van der Waals surface area (Å²) >= 11 is 0. The van der Waals surface area contributed by atoms with Crippen molar-refractivity contribution in [3.63, 3.8) is 0 Å². The van der Waals surface area contributed by atoms with E-state index in [0.29, 0.717) is 25.3 Å². The summed E-state index contributed by atoms with van der Waals surface area (Å²) in [5.74, 6) is 0.676. The lowest BCUT2D eigenvalue weighted by Gasteiger charge is -2.28. The van der Waals surface area contributed by atoms with Gasteiger partial charge >= 0.3 is 0 Å². The highest BCUT2D eigenvalue weighted by Crippen LogP contribution is 2.27. The highest BCUT2D eigenvalue weighted by atomic mass is 32.2. The smallest absolute Gasteiger partial charge is 0.262 e. The van der Waals surface area contributed by atoms with Crippen LogP contribution in [0.25, 0.3) is 0 Å². The number of anilines is 1. The van der Waals surface area contributed by atoms with Crippen molar-refractivity contribution in [2.24, 2.45) is 7.05 Å². The van der Waals surface area contributed by atoms with Crippen LogP contribution in [0.3, 0.4) is 0 Å². The number of benzene rings is 1. The van der Waals surface area contributed by atoms with Gasteiger partial charge in [0.25, 0.3) is 10.0 Å². The van der Waals surface area contributed by atoms with Crippen molar-refractivity contribution in [1.82, 2.24) is 13.9 Å². The summed E-state index contributed by atoms with van der Waals surface area (Å²) in [6.45, 7) is 2.56. The number of rotatable bonds is 2. The summed E-state index contributed by atoms with van der Waals surface area (Å²) in [7, 11) is -1.77. The van der Waals surface area contributed by atoms with Gasteiger partial charge in [0.1, 0.15) is 5.82 Å². The van der Waals surface area contributed by atoms with Gasteiger partial charge in [0.15, 0.2) is 5.03 Å². The standard InChI is InChI=1S/C14H18N4O2S/c1-10-16-14(9-17(10)2)21(19,20)18-7-6-12-11(8-18)4-3-5-13(12)15/h3-5,9H,6-8,15H2,1-2H3. The Morgan fingerprint density at radius 3 is 2.76 bits per heavy atom. The van der Waals surface area contributed by atoms with Crippen LogP contribution in [0.1, 0.15) is 17.0 Å². The van der Waals surface area contributed by atoms with Crippen molar-refractivity contribution in [2.45, 2.75) is 24.9 Å². The van der Waals surface area contributed by atoms with E-state index in [9.17, 15) is 8.42 Å². The number of hydrogen-bond acceptors (Lipinski definition) is 4. The fraction of sp³-hybridized carbons (Fsp3) is 0.357. The molecular weight excluding hydrogens is 288 g/mol. The average Bonchev–Trinajstić information content (AvgIpc) is 2.79. The first-order valence-corrected chi connectivity index (χ1v) is 8.20. The van der Waals surface area contributed by atoms with Crippen LogP contribution in [0.15, 0.2) is 29.4 Å². The van der Waals surface area contributed by atoms with Crippen molar-refractivity contribution in [3.8, 4) is 0 Å². The third-order valence-electron chi connectivity index (χ3n) is 3.96. The molecule has 0 unspecified atom stereocenters. The summed E-state index contributed by atoms with van der Waals surface area (Å²) in [6.07, 6.45) is 2.19. The molecule has 2 heterocycles. The lowest BCUT2D eigenvalue weighted by atomic mass is 9.99. The van der Waals surface area contributed by atoms with Crippen LogP contribution in [0.2, 0.25) is 0 Å². The quantitative estimate of drug-likeness (QED) is 0.841. The van der Waals surface area contributed by atoms with E-state index in [0.717, 1.165) is 16.8 Å². The largest absolute Gasteiger partial charge is 0.398 e. The number of nitrogens with zero attached hydrogens (tertiary/aromatic N) is 3.